The van der Waals surface area contributed by atoms with E-state index in [4.69, 9.17) is 9.47 Å². The van der Waals surface area contributed by atoms with Crippen molar-refractivity contribution in [3.8, 4) is 5.75 Å². The van der Waals surface area contributed by atoms with Gasteiger partial charge < -0.3 is 24.6 Å². The van der Waals surface area contributed by atoms with Gasteiger partial charge in [-0.1, -0.05) is 12.1 Å². The molecule has 0 radical (unpaired) electrons. The van der Waals surface area contributed by atoms with Crippen molar-refractivity contribution in [2.24, 2.45) is 0 Å². The van der Waals surface area contributed by atoms with E-state index in [2.05, 4.69) is 32.3 Å². The van der Waals surface area contributed by atoms with Crippen LogP contribution >= 0.6 is 0 Å². The van der Waals surface area contributed by atoms with Crippen molar-refractivity contribution in [1.29, 1.82) is 0 Å². The number of piperazine rings is 1. The number of aromatic nitrogens is 2. The van der Waals surface area contributed by atoms with Gasteiger partial charge >= 0.3 is 6.09 Å². The van der Waals surface area contributed by atoms with Gasteiger partial charge in [-0.2, -0.15) is 0 Å². The van der Waals surface area contributed by atoms with E-state index in [0.717, 1.165) is 43.4 Å². The first kappa shape index (κ1) is 19.7. The molecule has 1 amide bonds. The van der Waals surface area contributed by atoms with Crippen LogP contribution in [0.5, 0.6) is 5.75 Å². The number of hydrogen-bond acceptors (Lipinski definition) is 7. The van der Waals surface area contributed by atoms with Gasteiger partial charge in [-0.15, -0.1) is 0 Å². The Morgan fingerprint density at radius 3 is 2.57 bits per heavy atom. The molecule has 150 valence electrons. The molecule has 1 N–H and O–H groups in total. The molecule has 0 spiro atoms. The molecule has 1 aromatic heterocycles. The molecule has 1 aliphatic heterocycles. The zero-order valence-corrected chi connectivity index (χ0v) is 16.4. The fourth-order valence-corrected chi connectivity index (χ4v) is 3.08. The number of benzene rings is 1. The fourth-order valence-electron chi connectivity index (χ4n) is 3.08. The van der Waals surface area contributed by atoms with Crippen molar-refractivity contribution in [2.45, 2.75) is 13.3 Å². The Kier molecular flexibility index (Phi) is 6.89. The lowest BCUT2D eigenvalue weighted by Crippen LogP contribution is -2.49. The van der Waals surface area contributed by atoms with E-state index >= 15 is 0 Å². The van der Waals surface area contributed by atoms with Gasteiger partial charge in [0.2, 0.25) is 0 Å². The first-order chi connectivity index (χ1) is 13.7. The molecule has 1 saturated heterocycles. The Labute approximate surface area is 165 Å². The van der Waals surface area contributed by atoms with E-state index in [-0.39, 0.29) is 6.09 Å². The summed E-state index contributed by atoms with van der Waals surface area (Å²) < 4.78 is 10.2. The molecule has 1 aromatic carbocycles. The molecule has 8 heteroatoms. The number of methoxy groups -OCH3 is 1. The second kappa shape index (κ2) is 9.77. The lowest BCUT2D eigenvalue weighted by atomic mass is 10.1. The number of carbonyl (C=O) groups is 1. The standard InChI is InChI=1S/C20H27N5O3/c1-3-28-20(26)25-12-10-24(11-13-25)19-14-18(22-15-23-19)21-9-8-16-4-6-17(27-2)7-5-16/h4-7,14-15H,3,8-13H2,1-2H3,(H,21,22,23). The first-order valence-electron chi connectivity index (χ1n) is 9.55. The minimum absolute atomic E-state index is 0.245. The number of ether oxygens (including phenoxy) is 2. The molecule has 0 atom stereocenters. The predicted molar refractivity (Wildman–Crippen MR) is 108 cm³/mol. The summed E-state index contributed by atoms with van der Waals surface area (Å²) in [6, 6.07) is 10.0. The number of amides is 1. The second-order valence-corrected chi connectivity index (χ2v) is 6.46. The van der Waals surface area contributed by atoms with Gasteiger partial charge in [0.1, 0.15) is 23.7 Å². The summed E-state index contributed by atoms with van der Waals surface area (Å²) in [7, 11) is 1.67. The van der Waals surface area contributed by atoms with Gasteiger partial charge in [0, 0.05) is 38.8 Å². The molecular formula is C20H27N5O3. The number of carbonyl (C=O) groups excluding carboxylic acids is 1. The molecular weight excluding hydrogens is 358 g/mol. The normalized spacial score (nSPS) is 13.9. The molecule has 3 rings (SSSR count). The molecule has 1 fully saturated rings. The van der Waals surface area contributed by atoms with E-state index in [1.54, 1.807) is 18.3 Å². The summed E-state index contributed by atoms with van der Waals surface area (Å²) in [6.45, 7) is 5.70. The van der Waals surface area contributed by atoms with Crippen LogP contribution in [0.2, 0.25) is 0 Å². The number of rotatable bonds is 7. The topological polar surface area (TPSA) is 79.8 Å². The zero-order valence-electron chi connectivity index (χ0n) is 16.4. The third kappa shape index (κ3) is 5.25. The number of hydrogen-bond donors (Lipinski definition) is 1. The van der Waals surface area contributed by atoms with Crippen LogP contribution in [0.25, 0.3) is 0 Å². The highest BCUT2D eigenvalue weighted by Gasteiger charge is 2.22. The Bertz CT molecular complexity index is 761. The van der Waals surface area contributed by atoms with Crippen molar-refractivity contribution >= 4 is 17.7 Å². The van der Waals surface area contributed by atoms with Crippen LogP contribution in [0.3, 0.4) is 0 Å². The van der Waals surface area contributed by atoms with Crippen LogP contribution in [0.15, 0.2) is 36.7 Å². The highest BCUT2D eigenvalue weighted by molar-refractivity contribution is 5.68. The van der Waals surface area contributed by atoms with Gasteiger partial charge in [-0.3, -0.25) is 0 Å². The lowest BCUT2D eigenvalue weighted by Gasteiger charge is -2.34. The summed E-state index contributed by atoms with van der Waals surface area (Å²) >= 11 is 0. The Morgan fingerprint density at radius 1 is 1.14 bits per heavy atom. The first-order valence-corrected chi connectivity index (χ1v) is 9.55. The van der Waals surface area contributed by atoms with Crippen LogP contribution in [-0.2, 0) is 11.2 Å². The average Bonchev–Trinajstić information content (AvgIpc) is 2.75. The highest BCUT2D eigenvalue weighted by Crippen LogP contribution is 2.17. The number of nitrogens with zero attached hydrogens (tertiary/aromatic N) is 4. The maximum absolute atomic E-state index is 11.8. The molecule has 28 heavy (non-hydrogen) atoms. The lowest BCUT2D eigenvalue weighted by molar-refractivity contribution is 0.105. The largest absolute Gasteiger partial charge is 0.497 e. The molecule has 0 aliphatic carbocycles. The predicted octanol–water partition coefficient (Wildman–Crippen LogP) is 2.42. The number of nitrogens with one attached hydrogen (secondary N) is 1. The maximum atomic E-state index is 11.8. The summed E-state index contributed by atoms with van der Waals surface area (Å²) in [5.41, 5.74) is 1.23. The van der Waals surface area contributed by atoms with Crippen molar-refractivity contribution in [3.63, 3.8) is 0 Å². The number of anilines is 2. The van der Waals surface area contributed by atoms with E-state index in [9.17, 15) is 4.79 Å². The molecule has 0 saturated carbocycles. The fraction of sp³-hybridized carbons (Fsp3) is 0.450. The van der Waals surface area contributed by atoms with Crippen LogP contribution in [0.1, 0.15) is 12.5 Å². The van der Waals surface area contributed by atoms with Crippen LogP contribution in [-0.4, -0.2) is 67.4 Å². The maximum Gasteiger partial charge on any atom is 0.409 e. The van der Waals surface area contributed by atoms with Crippen molar-refractivity contribution < 1.29 is 14.3 Å². The third-order valence-corrected chi connectivity index (χ3v) is 4.66. The van der Waals surface area contributed by atoms with Crippen LogP contribution in [0.4, 0.5) is 16.4 Å². The molecule has 1 aliphatic rings. The molecule has 2 aromatic rings. The SMILES string of the molecule is CCOC(=O)N1CCN(c2cc(NCCc3ccc(OC)cc3)ncn2)CC1. The Balaban J connectivity index is 1.49. The van der Waals surface area contributed by atoms with Gasteiger partial charge in [-0.05, 0) is 31.0 Å². The Hall–Kier alpha value is -3.03. The van der Waals surface area contributed by atoms with Gasteiger partial charge in [0.05, 0.1) is 13.7 Å². The van der Waals surface area contributed by atoms with E-state index in [0.29, 0.717) is 19.7 Å². The van der Waals surface area contributed by atoms with Gasteiger partial charge in [0.25, 0.3) is 0 Å². The molecule has 8 nitrogen and oxygen atoms in total. The second-order valence-electron chi connectivity index (χ2n) is 6.46. The highest BCUT2D eigenvalue weighted by atomic mass is 16.6. The van der Waals surface area contributed by atoms with Gasteiger partial charge in [-0.25, -0.2) is 14.8 Å². The van der Waals surface area contributed by atoms with Crippen LogP contribution < -0.4 is 15.0 Å². The van der Waals surface area contributed by atoms with Crippen LogP contribution in [0, 0.1) is 0 Å². The minimum atomic E-state index is -0.245. The molecule has 0 unspecified atom stereocenters. The summed E-state index contributed by atoms with van der Waals surface area (Å²) in [5.74, 6) is 2.52. The average molecular weight is 385 g/mol. The van der Waals surface area contributed by atoms with Gasteiger partial charge in [0.15, 0.2) is 0 Å². The molecule has 0 bridgehead atoms. The quantitative estimate of drug-likeness (QED) is 0.784. The zero-order chi connectivity index (χ0) is 19.8. The minimum Gasteiger partial charge on any atom is -0.497 e. The van der Waals surface area contributed by atoms with E-state index < -0.39 is 0 Å². The smallest absolute Gasteiger partial charge is 0.409 e. The van der Waals surface area contributed by atoms with Crippen molar-refractivity contribution in [1.82, 2.24) is 14.9 Å². The Morgan fingerprint density at radius 2 is 1.89 bits per heavy atom. The summed E-state index contributed by atoms with van der Waals surface area (Å²) in [5, 5.41) is 3.35. The van der Waals surface area contributed by atoms with E-state index in [1.807, 2.05) is 25.1 Å². The van der Waals surface area contributed by atoms with Crippen molar-refractivity contribution in [2.75, 3.05) is 56.7 Å². The summed E-state index contributed by atoms with van der Waals surface area (Å²) in [4.78, 5) is 24.4. The van der Waals surface area contributed by atoms with E-state index in [1.165, 1.54) is 5.56 Å². The van der Waals surface area contributed by atoms with Crippen molar-refractivity contribution in [3.05, 3.63) is 42.2 Å². The third-order valence-electron chi connectivity index (χ3n) is 4.66. The monoisotopic (exact) mass is 385 g/mol. The summed E-state index contributed by atoms with van der Waals surface area (Å²) in [6.07, 6.45) is 2.22. The molecule has 2 heterocycles.